The summed E-state index contributed by atoms with van der Waals surface area (Å²) in [4.78, 5) is 9.09. The van der Waals surface area contributed by atoms with Crippen molar-refractivity contribution in [3.05, 3.63) is 0 Å². The third-order valence-corrected chi connectivity index (χ3v) is 8.10. The van der Waals surface area contributed by atoms with Crippen molar-refractivity contribution in [1.82, 2.24) is 31.1 Å². The van der Waals surface area contributed by atoms with E-state index in [4.69, 9.17) is 11.4 Å². The Labute approximate surface area is 210 Å². The van der Waals surface area contributed by atoms with Crippen molar-refractivity contribution < 1.29 is 0 Å². The Hall–Kier alpha value is -1.17. The lowest BCUT2D eigenvalue weighted by Crippen LogP contribution is -2.48. The monoisotopic (exact) mass is 475 g/mol. The SMILES string of the molecule is C#CN(C)CC(C)C(CC1CNCC(CC)(C(C)C)CNCC(C)CNCN2CC2NC1)=NC. The summed E-state index contributed by atoms with van der Waals surface area (Å²) >= 11 is 0. The predicted octanol–water partition coefficient (Wildman–Crippen LogP) is 1.88. The summed E-state index contributed by atoms with van der Waals surface area (Å²) in [6, 6.07) is 2.72. The Morgan fingerprint density at radius 1 is 1.15 bits per heavy atom. The average molecular weight is 476 g/mol. The molecule has 0 bridgehead atoms. The summed E-state index contributed by atoms with van der Waals surface area (Å²) in [6.45, 7) is 20.8. The molecule has 0 aromatic rings. The van der Waals surface area contributed by atoms with Crippen LogP contribution >= 0.6 is 0 Å². The first-order valence-electron chi connectivity index (χ1n) is 13.5. The lowest BCUT2D eigenvalue weighted by atomic mass is 9.74. The lowest BCUT2D eigenvalue weighted by molar-refractivity contribution is 0.161. The van der Waals surface area contributed by atoms with Crippen LogP contribution in [0.25, 0.3) is 0 Å². The molecule has 7 nitrogen and oxygen atoms in total. The van der Waals surface area contributed by atoms with Gasteiger partial charge in [0.05, 0.1) is 6.17 Å². The number of rotatable bonds is 7. The molecule has 2 saturated heterocycles. The molecule has 2 heterocycles. The minimum atomic E-state index is 0.264. The van der Waals surface area contributed by atoms with Crippen LogP contribution in [0, 0.1) is 41.6 Å². The molecule has 0 amide bonds. The van der Waals surface area contributed by atoms with E-state index in [1.165, 1.54) is 12.1 Å². The third kappa shape index (κ3) is 9.13. The van der Waals surface area contributed by atoms with Crippen molar-refractivity contribution in [1.29, 1.82) is 0 Å². The highest BCUT2D eigenvalue weighted by Crippen LogP contribution is 2.30. The van der Waals surface area contributed by atoms with E-state index >= 15 is 0 Å². The van der Waals surface area contributed by atoms with Gasteiger partial charge in [-0.3, -0.25) is 9.89 Å². The maximum absolute atomic E-state index is 5.58. The Bertz CT molecular complexity index is 658. The zero-order chi connectivity index (χ0) is 25.1. The van der Waals surface area contributed by atoms with E-state index in [0.717, 1.165) is 65.4 Å². The maximum Gasteiger partial charge on any atom is 0.0740 e. The van der Waals surface area contributed by atoms with Gasteiger partial charge in [0.15, 0.2) is 0 Å². The minimum absolute atomic E-state index is 0.264. The second-order valence-corrected chi connectivity index (χ2v) is 11.2. The van der Waals surface area contributed by atoms with Crippen LogP contribution < -0.4 is 21.3 Å². The van der Waals surface area contributed by atoms with E-state index < -0.39 is 0 Å². The third-order valence-electron chi connectivity index (χ3n) is 8.10. The summed E-state index contributed by atoms with van der Waals surface area (Å²) in [5.41, 5.74) is 1.53. The number of aliphatic imine (C=N–C) groups is 1. The Balaban J connectivity index is 2.08. The van der Waals surface area contributed by atoms with Gasteiger partial charge >= 0.3 is 0 Å². The van der Waals surface area contributed by atoms with Crippen molar-refractivity contribution in [3.63, 3.8) is 0 Å². The molecule has 2 aliphatic heterocycles. The Morgan fingerprint density at radius 2 is 1.82 bits per heavy atom. The van der Waals surface area contributed by atoms with Crippen molar-refractivity contribution >= 4 is 5.71 Å². The van der Waals surface area contributed by atoms with Crippen molar-refractivity contribution in [2.24, 2.45) is 34.1 Å². The fraction of sp³-hybridized carbons (Fsp3) is 0.889. The molecule has 2 rings (SSSR count). The quantitative estimate of drug-likeness (QED) is 0.195. The minimum Gasteiger partial charge on any atom is -0.335 e. The van der Waals surface area contributed by atoms with Crippen molar-refractivity contribution in [3.8, 4) is 12.5 Å². The van der Waals surface area contributed by atoms with Gasteiger partial charge in [0.1, 0.15) is 0 Å². The average Bonchev–Trinajstić information content (AvgIpc) is 3.56. The molecule has 2 aliphatic rings. The smallest absolute Gasteiger partial charge is 0.0740 e. The van der Waals surface area contributed by atoms with Crippen LogP contribution in [0.4, 0.5) is 0 Å². The largest absolute Gasteiger partial charge is 0.335 e. The normalized spacial score (nSPS) is 33.1. The van der Waals surface area contributed by atoms with E-state index in [-0.39, 0.29) is 5.41 Å². The van der Waals surface area contributed by atoms with Crippen LogP contribution in [-0.4, -0.2) is 94.8 Å². The molecule has 2 fully saturated rings. The molecular weight excluding hydrogens is 422 g/mol. The van der Waals surface area contributed by atoms with Gasteiger partial charge in [0, 0.05) is 77.7 Å². The molecule has 6 atom stereocenters. The fourth-order valence-corrected chi connectivity index (χ4v) is 5.19. The van der Waals surface area contributed by atoms with Crippen LogP contribution in [0.5, 0.6) is 0 Å². The summed E-state index contributed by atoms with van der Waals surface area (Å²) in [7, 11) is 3.90. The highest BCUT2D eigenvalue weighted by Gasteiger charge is 2.35. The fourth-order valence-electron chi connectivity index (χ4n) is 5.19. The lowest BCUT2D eigenvalue weighted by Gasteiger charge is -2.38. The first kappa shape index (κ1) is 29.1. The molecule has 0 radical (unpaired) electrons. The second-order valence-electron chi connectivity index (χ2n) is 11.2. The van der Waals surface area contributed by atoms with Crippen molar-refractivity contribution in [2.45, 2.75) is 53.6 Å². The van der Waals surface area contributed by atoms with E-state index in [2.05, 4.69) is 66.8 Å². The van der Waals surface area contributed by atoms with Gasteiger partial charge in [0.2, 0.25) is 0 Å². The van der Waals surface area contributed by atoms with Gasteiger partial charge in [-0.1, -0.05) is 41.0 Å². The summed E-state index contributed by atoms with van der Waals surface area (Å²) < 4.78 is 0. The van der Waals surface area contributed by atoms with E-state index in [9.17, 15) is 0 Å². The standard InChI is InChI=1S/C27H53N7/c1-9-27(21(3)4)18-29-12-22(5)13-31-20-34-17-26(34)32-15-24(14-30-19-27)11-25(28-7)23(6)16-33(8)10-2/h2,21-24,26,29-32H,9,11-20H2,1,3-8H3. The van der Waals surface area contributed by atoms with Gasteiger partial charge in [-0.2, -0.15) is 0 Å². The first-order valence-corrected chi connectivity index (χ1v) is 13.5. The summed E-state index contributed by atoms with van der Waals surface area (Å²) in [5.74, 6) is 2.09. The molecule has 0 aromatic carbocycles. The zero-order valence-electron chi connectivity index (χ0n) is 23.1. The highest BCUT2D eigenvalue weighted by atomic mass is 15.4. The molecule has 0 aliphatic carbocycles. The Kier molecular flexibility index (Phi) is 12.3. The maximum atomic E-state index is 5.58. The first-order chi connectivity index (χ1) is 16.2. The summed E-state index contributed by atoms with van der Waals surface area (Å²) in [5, 5.41) is 15.2. The zero-order valence-corrected chi connectivity index (χ0v) is 23.1. The number of nitrogens with one attached hydrogen (secondary N) is 4. The predicted molar refractivity (Wildman–Crippen MR) is 146 cm³/mol. The molecular formula is C27H53N7. The molecule has 196 valence electrons. The molecule has 34 heavy (non-hydrogen) atoms. The van der Waals surface area contributed by atoms with Gasteiger partial charge in [-0.05, 0) is 49.1 Å². The van der Waals surface area contributed by atoms with Gasteiger partial charge in [-0.25, -0.2) is 0 Å². The molecule has 7 heteroatoms. The molecule has 4 N–H and O–H groups in total. The van der Waals surface area contributed by atoms with Crippen molar-refractivity contribution in [2.75, 3.05) is 73.1 Å². The van der Waals surface area contributed by atoms with Gasteiger partial charge in [0.25, 0.3) is 0 Å². The van der Waals surface area contributed by atoms with Crippen LogP contribution in [-0.2, 0) is 0 Å². The molecule has 6 unspecified atom stereocenters. The van der Waals surface area contributed by atoms with Crippen LogP contribution in [0.15, 0.2) is 4.99 Å². The number of fused-ring (bicyclic) bond motifs is 1. The number of hydrogen-bond donors (Lipinski definition) is 4. The topological polar surface area (TPSA) is 66.7 Å². The number of nitrogens with zero attached hydrogens (tertiary/aromatic N) is 3. The molecule has 0 saturated carbocycles. The van der Waals surface area contributed by atoms with E-state index in [1.807, 2.05) is 19.0 Å². The molecule has 0 aromatic heterocycles. The number of terminal acetylenes is 1. The second kappa shape index (κ2) is 14.4. The van der Waals surface area contributed by atoms with E-state index in [1.54, 1.807) is 0 Å². The molecule has 0 spiro atoms. The van der Waals surface area contributed by atoms with Crippen LogP contribution in [0.2, 0.25) is 0 Å². The van der Waals surface area contributed by atoms with Crippen LogP contribution in [0.1, 0.15) is 47.5 Å². The van der Waals surface area contributed by atoms with E-state index in [0.29, 0.717) is 29.8 Å². The van der Waals surface area contributed by atoms with Gasteiger partial charge < -0.3 is 26.2 Å². The Morgan fingerprint density at radius 3 is 2.44 bits per heavy atom. The summed E-state index contributed by atoms with van der Waals surface area (Å²) in [6.07, 6.45) is 8.25. The highest BCUT2D eigenvalue weighted by molar-refractivity contribution is 5.86. The van der Waals surface area contributed by atoms with Crippen LogP contribution in [0.3, 0.4) is 0 Å². The van der Waals surface area contributed by atoms with Gasteiger partial charge in [-0.15, -0.1) is 0 Å². The number of hydrogen-bond acceptors (Lipinski definition) is 7.